The van der Waals surface area contributed by atoms with E-state index < -0.39 is 0 Å². The molecule has 0 bridgehead atoms. The average molecular weight is 306 g/mol. The zero-order chi connectivity index (χ0) is 15.0. The van der Waals surface area contributed by atoms with Crippen molar-refractivity contribution in [1.29, 1.82) is 0 Å². The Bertz CT molecular complexity index is 515. The van der Waals surface area contributed by atoms with Crippen LogP contribution in [0.15, 0.2) is 12.1 Å². The van der Waals surface area contributed by atoms with Crippen LogP contribution in [0.1, 0.15) is 68.3 Å². The molecule has 2 heterocycles. The number of aryl methyl sites for hydroxylation is 1. The number of amides is 1. The lowest BCUT2D eigenvalue weighted by Gasteiger charge is -2.31. The number of carbonyl (C=O) groups excluding carboxylic acids is 1. The van der Waals surface area contributed by atoms with E-state index in [0.29, 0.717) is 11.9 Å². The highest BCUT2D eigenvalue weighted by Gasteiger charge is 2.54. The summed E-state index contributed by atoms with van der Waals surface area (Å²) in [6, 6.07) is 4.70. The number of hydrogen-bond donors (Lipinski definition) is 1. The number of thiophene rings is 1. The van der Waals surface area contributed by atoms with Gasteiger partial charge in [-0.05, 0) is 44.7 Å². The summed E-state index contributed by atoms with van der Waals surface area (Å²) in [5, 5.41) is 3.73. The number of carbonyl (C=O) groups is 1. The Morgan fingerprint density at radius 1 is 1.33 bits per heavy atom. The molecule has 2 aliphatic rings. The van der Waals surface area contributed by atoms with E-state index in [2.05, 4.69) is 43.1 Å². The topological polar surface area (TPSA) is 32.3 Å². The number of rotatable bonds is 4. The molecule has 1 aliphatic carbocycles. The molecular weight excluding hydrogens is 280 g/mol. The van der Waals surface area contributed by atoms with Gasteiger partial charge in [0.1, 0.15) is 6.17 Å². The van der Waals surface area contributed by atoms with Crippen molar-refractivity contribution < 1.29 is 4.79 Å². The molecule has 1 aliphatic heterocycles. The van der Waals surface area contributed by atoms with E-state index in [-0.39, 0.29) is 11.7 Å². The second-order valence-electron chi connectivity index (χ2n) is 6.47. The molecule has 1 aromatic rings. The Labute approximate surface area is 131 Å². The van der Waals surface area contributed by atoms with Crippen LogP contribution in [-0.4, -0.2) is 22.4 Å². The van der Waals surface area contributed by atoms with Gasteiger partial charge in [-0.15, -0.1) is 11.3 Å². The van der Waals surface area contributed by atoms with Gasteiger partial charge in [-0.25, -0.2) is 0 Å². The molecule has 1 unspecified atom stereocenters. The van der Waals surface area contributed by atoms with Crippen LogP contribution in [0, 0.1) is 6.92 Å². The highest BCUT2D eigenvalue weighted by atomic mass is 32.1. The third-order valence-corrected chi connectivity index (χ3v) is 6.21. The monoisotopic (exact) mass is 306 g/mol. The number of nitrogens with one attached hydrogen (secondary N) is 1. The van der Waals surface area contributed by atoms with Gasteiger partial charge in [0, 0.05) is 15.8 Å². The summed E-state index contributed by atoms with van der Waals surface area (Å²) in [5.74, 6) is 0.352. The smallest absolute Gasteiger partial charge is 0.244 e. The van der Waals surface area contributed by atoms with Crippen molar-refractivity contribution in [1.82, 2.24) is 10.2 Å². The van der Waals surface area contributed by atoms with Gasteiger partial charge in [-0.3, -0.25) is 10.1 Å². The Hall–Kier alpha value is -0.870. The molecule has 1 saturated carbocycles. The van der Waals surface area contributed by atoms with E-state index in [0.717, 1.165) is 25.7 Å². The quantitative estimate of drug-likeness (QED) is 0.912. The largest absolute Gasteiger partial charge is 0.318 e. The summed E-state index contributed by atoms with van der Waals surface area (Å²) in [4.78, 5) is 17.9. The Kier molecular flexibility index (Phi) is 4.10. The summed E-state index contributed by atoms with van der Waals surface area (Å²) in [5.41, 5.74) is -0.273. The lowest BCUT2D eigenvalue weighted by molar-refractivity contribution is -0.135. The van der Waals surface area contributed by atoms with Gasteiger partial charge < -0.3 is 4.90 Å². The minimum absolute atomic E-state index is 0.0826. The van der Waals surface area contributed by atoms with Crippen molar-refractivity contribution in [3.8, 4) is 0 Å². The third-order valence-electron chi connectivity index (χ3n) is 5.16. The standard InChI is InChI=1S/C17H26N2OS/c1-4-13(5-2)19-15(14-9-8-12(3)21-14)18-17(16(19)20)10-6-7-11-17/h8-9,13,15,18H,4-7,10-11H2,1-3H3. The first kappa shape index (κ1) is 15.0. The van der Waals surface area contributed by atoms with Gasteiger partial charge >= 0.3 is 0 Å². The van der Waals surface area contributed by atoms with Crippen LogP contribution in [0.3, 0.4) is 0 Å². The molecule has 21 heavy (non-hydrogen) atoms. The van der Waals surface area contributed by atoms with E-state index >= 15 is 0 Å². The van der Waals surface area contributed by atoms with Crippen LogP contribution in [0.2, 0.25) is 0 Å². The number of nitrogens with zero attached hydrogens (tertiary/aromatic N) is 1. The lowest BCUT2D eigenvalue weighted by atomic mass is 9.97. The first-order valence-corrected chi connectivity index (χ1v) is 9.09. The Morgan fingerprint density at radius 3 is 2.52 bits per heavy atom. The molecule has 0 radical (unpaired) electrons. The molecule has 1 amide bonds. The normalized spacial score (nSPS) is 24.7. The van der Waals surface area contributed by atoms with Crippen molar-refractivity contribution >= 4 is 17.2 Å². The van der Waals surface area contributed by atoms with Crippen LogP contribution in [0.5, 0.6) is 0 Å². The van der Waals surface area contributed by atoms with Gasteiger partial charge in [-0.1, -0.05) is 26.7 Å². The lowest BCUT2D eigenvalue weighted by Crippen LogP contribution is -2.45. The predicted molar refractivity (Wildman–Crippen MR) is 87.3 cm³/mol. The Balaban J connectivity index is 1.97. The second kappa shape index (κ2) is 5.73. The Morgan fingerprint density at radius 2 is 2.00 bits per heavy atom. The molecule has 1 aromatic heterocycles. The number of hydrogen-bond acceptors (Lipinski definition) is 3. The third kappa shape index (κ3) is 2.42. The van der Waals surface area contributed by atoms with Crippen LogP contribution in [-0.2, 0) is 4.79 Å². The van der Waals surface area contributed by atoms with E-state index in [1.54, 1.807) is 0 Å². The fourth-order valence-electron chi connectivity index (χ4n) is 3.96. The first-order chi connectivity index (χ1) is 10.1. The summed E-state index contributed by atoms with van der Waals surface area (Å²) < 4.78 is 0. The van der Waals surface area contributed by atoms with Crippen LogP contribution in [0.4, 0.5) is 0 Å². The van der Waals surface area contributed by atoms with Crippen LogP contribution in [0.25, 0.3) is 0 Å². The average Bonchev–Trinajstić information content (AvgIpc) is 3.17. The molecular formula is C17H26N2OS. The summed E-state index contributed by atoms with van der Waals surface area (Å²) >= 11 is 1.81. The second-order valence-corrected chi connectivity index (χ2v) is 7.79. The maximum absolute atomic E-state index is 13.1. The minimum atomic E-state index is -0.273. The van der Waals surface area contributed by atoms with Crippen LogP contribution >= 0.6 is 11.3 Å². The summed E-state index contributed by atoms with van der Waals surface area (Å²) in [6.45, 7) is 6.52. The van der Waals surface area contributed by atoms with Gasteiger partial charge in [0.2, 0.25) is 5.91 Å². The van der Waals surface area contributed by atoms with Crippen molar-refractivity contribution in [3.05, 3.63) is 21.9 Å². The first-order valence-electron chi connectivity index (χ1n) is 8.28. The van der Waals surface area contributed by atoms with E-state index in [1.165, 1.54) is 22.6 Å². The van der Waals surface area contributed by atoms with Crippen molar-refractivity contribution in [3.63, 3.8) is 0 Å². The molecule has 116 valence electrons. The molecule has 1 N–H and O–H groups in total. The molecule has 1 spiro atoms. The molecule has 1 atom stereocenters. The minimum Gasteiger partial charge on any atom is -0.318 e. The van der Waals surface area contributed by atoms with Gasteiger partial charge in [-0.2, -0.15) is 0 Å². The zero-order valence-corrected chi connectivity index (χ0v) is 14.1. The van der Waals surface area contributed by atoms with E-state index in [4.69, 9.17) is 0 Å². The van der Waals surface area contributed by atoms with E-state index in [1.807, 2.05) is 11.3 Å². The molecule has 3 nitrogen and oxygen atoms in total. The van der Waals surface area contributed by atoms with E-state index in [9.17, 15) is 4.79 Å². The fourth-order valence-corrected chi connectivity index (χ4v) is 4.89. The van der Waals surface area contributed by atoms with Crippen molar-refractivity contribution in [2.24, 2.45) is 0 Å². The highest BCUT2D eigenvalue weighted by molar-refractivity contribution is 7.12. The maximum Gasteiger partial charge on any atom is 0.244 e. The summed E-state index contributed by atoms with van der Waals surface area (Å²) in [6.07, 6.45) is 6.49. The van der Waals surface area contributed by atoms with Gasteiger partial charge in [0.15, 0.2) is 0 Å². The van der Waals surface area contributed by atoms with Crippen molar-refractivity contribution in [2.75, 3.05) is 0 Å². The molecule has 3 rings (SSSR count). The highest BCUT2D eigenvalue weighted by Crippen LogP contribution is 2.43. The van der Waals surface area contributed by atoms with Crippen molar-refractivity contribution in [2.45, 2.75) is 77.0 Å². The predicted octanol–water partition coefficient (Wildman–Crippen LogP) is 3.99. The maximum atomic E-state index is 13.1. The van der Waals surface area contributed by atoms with Crippen LogP contribution < -0.4 is 5.32 Å². The molecule has 0 aromatic carbocycles. The zero-order valence-electron chi connectivity index (χ0n) is 13.3. The SMILES string of the molecule is CCC(CC)N1C(=O)C2(CCCC2)NC1c1ccc(C)s1. The van der Waals surface area contributed by atoms with Gasteiger partial charge in [0.25, 0.3) is 0 Å². The molecule has 1 saturated heterocycles. The molecule has 4 heteroatoms. The summed E-state index contributed by atoms with van der Waals surface area (Å²) in [7, 11) is 0. The fraction of sp³-hybridized carbons (Fsp3) is 0.706. The van der Waals surface area contributed by atoms with Gasteiger partial charge in [0.05, 0.1) is 5.54 Å². The molecule has 2 fully saturated rings.